The van der Waals surface area contributed by atoms with E-state index < -0.39 is 37.1 Å². The van der Waals surface area contributed by atoms with E-state index in [1.165, 1.54) is 0 Å². The maximum absolute atomic E-state index is 11.2. The molecule has 104 valence electrons. The molecule has 0 aliphatic carbocycles. The molecule has 0 saturated heterocycles. The molecule has 0 rings (SSSR count). The van der Waals surface area contributed by atoms with Crippen LogP contribution >= 0.6 is 0 Å². The second-order valence-electron chi connectivity index (χ2n) is 2.26. The second-order valence-corrected chi connectivity index (χ2v) is 2.26. The highest BCUT2D eigenvalue weighted by Gasteiger charge is 2.64. The van der Waals surface area contributed by atoms with Gasteiger partial charge in [-0.05, 0) is 0 Å². The Bertz CT molecular complexity index is 231. The van der Waals surface area contributed by atoms with Crippen LogP contribution in [0.15, 0.2) is 12.4 Å². The molecule has 0 aliphatic rings. The summed E-state index contributed by atoms with van der Waals surface area (Å²) in [7, 11) is 0. The van der Waals surface area contributed by atoms with E-state index in [9.17, 15) is 48.3 Å². The Morgan fingerprint density at radius 2 is 1.12 bits per heavy atom. The van der Waals surface area contributed by atoms with Crippen molar-refractivity contribution in [2.24, 2.45) is 0 Å². The fourth-order valence-electron chi connectivity index (χ4n) is 0.195. The van der Waals surface area contributed by atoms with Crippen molar-refractivity contribution in [2.45, 2.75) is 24.7 Å². The molecule has 0 saturated carbocycles. The smallest absolute Gasteiger partial charge is 0.216 e. The summed E-state index contributed by atoms with van der Waals surface area (Å²) in [4.78, 5) is 0. The standard InChI is InChI=1S/C3HF7.C3H2F4/c4-1(5)2(6,7)3(8,9)10;4-2-1-3(5,6)7/h1H;1-2H. The summed E-state index contributed by atoms with van der Waals surface area (Å²) in [5.74, 6) is -5.90. The molecule has 0 fully saturated rings. The topological polar surface area (TPSA) is 0 Å². The summed E-state index contributed by atoms with van der Waals surface area (Å²) in [5.41, 5.74) is 0. The number of hydrogen-bond acceptors (Lipinski definition) is 0. The van der Waals surface area contributed by atoms with Crippen LogP contribution in [0, 0.1) is 0 Å². The summed E-state index contributed by atoms with van der Waals surface area (Å²) in [6.07, 6.45) is -16.4. The molecule has 0 aromatic carbocycles. The zero-order chi connectivity index (χ0) is 14.5. The van der Waals surface area contributed by atoms with Crippen LogP contribution in [0.4, 0.5) is 48.3 Å². The van der Waals surface area contributed by atoms with Crippen LogP contribution in [-0.2, 0) is 0 Å². The summed E-state index contributed by atoms with van der Waals surface area (Å²) >= 11 is 0. The van der Waals surface area contributed by atoms with Crippen molar-refractivity contribution in [3.63, 3.8) is 0 Å². The van der Waals surface area contributed by atoms with Gasteiger partial charge in [-0.15, -0.1) is 0 Å². The largest absolute Gasteiger partial charge is 0.459 e. The van der Waals surface area contributed by atoms with Gasteiger partial charge >= 0.3 is 24.7 Å². The highest BCUT2D eigenvalue weighted by Crippen LogP contribution is 2.39. The van der Waals surface area contributed by atoms with Crippen LogP contribution in [0.5, 0.6) is 0 Å². The zero-order valence-electron chi connectivity index (χ0n) is 7.39. The molecule has 0 aromatic heterocycles. The van der Waals surface area contributed by atoms with Crippen molar-refractivity contribution < 1.29 is 48.3 Å². The Morgan fingerprint density at radius 3 is 1.12 bits per heavy atom. The van der Waals surface area contributed by atoms with Gasteiger partial charge in [0.2, 0.25) is 0 Å². The lowest BCUT2D eigenvalue weighted by atomic mass is 10.3. The molecule has 0 amide bonds. The third-order valence-electron chi connectivity index (χ3n) is 0.904. The van der Waals surface area contributed by atoms with Crippen molar-refractivity contribution in [3.8, 4) is 0 Å². The minimum absolute atomic E-state index is 0.479. The predicted molar refractivity (Wildman–Crippen MR) is 33.3 cm³/mol. The lowest BCUT2D eigenvalue weighted by Gasteiger charge is -2.17. The molecule has 0 atom stereocenters. The third-order valence-corrected chi connectivity index (χ3v) is 0.904. The van der Waals surface area contributed by atoms with Gasteiger partial charge in [-0.25, -0.2) is 13.2 Å². The van der Waals surface area contributed by atoms with E-state index in [1.54, 1.807) is 0 Å². The highest BCUT2D eigenvalue weighted by atomic mass is 19.4. The van der Waals surface area contributed by atoms with E-state index in [0.717, 1.165) is 0 Å². The van der Waals surface area contributed by atoms with Gasteiger partial charge in [-0.2, -0.15) is 35.1 Å². The molecule has 0 spiro atoms. The van der Waals surface area contributed by atoms with Crippen molar-refractivity contribution in [1.82, 2.24) is 0 Å². The van der Waals surface area contributed by atoms with E-state index in [0.29, 0.717) is 0 Å². The Hall–Kier alpha value is -1.03. The third kappa shape index (κ3) is 7.80. The van der Waals surface area contributed by atoms with E-state index in [2.05, 4.69) is 0 Å². The molecule has 11 heteroatoms. The van der Waals surface area contributed by atoms with Crippen LogP contribution < -0.4 is 0 Å². The molecule has 0 N–H and O–H groups in total. The van der Waals surface area contributed by atoms with E-state index in [1.807, 2.05) is 0 Å². The van der Waals surface area contributed by atoms with Gasteiger partial charge in [0.15, 0.2) is 0 Å². The quantitative estimate of drug-likeness (QED) is 0.623. The summed E-state index contributed by atoms with van der Waals surface area (Å²) < 4.78 is 119. The molecule has 0 bridgehead atoms. The van der Waals surface area contributed by atoms with E-state index in [-0.39, 0.29) is 0 Å². The van der Waals surface area contributed by atoms with Crippen molar-refractivity contribution in [2.75, 3.05) is 0 Å². The van der Waals surface area contributed by atoms with Crippen LogP contribution in [0.3, 0.4) is 0 Å². The van der Waals surface area contributed by atoms with Crippen LogP contribution in [-0.4, -0.2) is 24.7 Å². The SMILES string of the molecule is FC(F)C(F)(F)C(F)(F)F.FC=CC(F)(F)F. The van der Waals surface area contributed by atoms with Gasteiger partial charge in [-0.3, -0.25) is 0 Å². The Labute approximate surface area is 86.7 Å². The zero-order valence-corrected chi connectivity index (χ0v) is 7.39. The average Bonchev–Trinajstić information content (AvgIpc) is 2.00. The minimum atomic E-state index is -6.17. The Kier molecular flexibility index (Phi) is 6.53. The number of hydrogen-bond donors (Lipinski definition) is 0. The first kappa shape index (κ1) is 18.3. The molecule has 0 radical (unpaired) electrons. The summed E-state index contributed by atoms with van der Waals surface area (Å²) in [6.45, 7) is 0. The number of allylic oxidation sites excluding steroid dienone is 1. The maximum atomic E-state index is 11.2. The fraction of sp³-hybridized carbons (Fsp3) is 0.667. The molecule has 0 heterocycles. The lowest BCUT2D eigenvalue weighted by molar-refractivity contribution is -0.320. The molecule has 17 heavy (non-hydrogen) atoms. The minimum Gasteiger partial charge on any atom is -0.216 e. The summed E-state index contributed by atoms with van der Waals surface area (Å²) in [5, 5.41) is 0. The van der Waals surface area contributed by atoms with Crippen LogP contribution in [0.2, 0.25) is 0 Å². The Balaban J connectivity index is 0. The lowest BCUT2D eigenvalue weighted by Crippen LogP contribution is -2.42. The first-order valence-electron chi connectivity index (χ1n) is 3.33. The van der Waals surface area contributed by atoms with E-state index in [4.69, 9.17) is 0 Å². The fourth-order valence-corrected chi connectivity index (χ4v) is 0.195. The van der Waals surface area contributed by atoms with Crippen molar-refractivity contribution >= 4 is 0 Å². The second kappa shape index (κ2) is 6.05. The van der Waals surface area contributed by atoms with Gasteiger partial charge in [0.25, 0.3) is 0 Å². The maximum Gasteiger partial charge on any atom is 0.459 e. The number of halogens is 11. The normalized spacial score (nSPS) is 13.9. The molecule has 0 aromatic rings. The molecule has 0 unspecified atom stereocenters. The van der Waals surface area contributed by atoms with Gasteiger partial charge in [0, 0.05) is 6.08 Å². The highest BCUT2D eigenvalue weighted by molar-refractivity contribution is 4.80. The van der Waals surface area contributed by atoms with Gasteiger partial charge < -0.3 is 0 Å². The van der Waals surface area contributed by atoms with Crippen LogP contribution in [0.1, 0.15) is 0 Å². The number of alkyl halides is 10. The molecule has 0 nitrogen and oxygen atoms in total. The first-order chi connectivity index (χ1) is 7.25. The molecular formula is C6H3F11. The first-order valence-corrected chi connectivity index (χ1v) is 3.33. The van der Waals surface area contributed by atoms with Crippen molar-refractivity contribution in [1.29, 1.82) is 0 Å². The molecule has 0 aliphatic heterocycles. The summed E-state index contributed by atoms with van der Waals surface area (Å²) in [6, 6.07) is 0. The number of rotatable bonds is 1. The molecular weight excluding hydrogens is 281 g/mol. The van der Waals surface area contributed by atoms with Gasteiger partial charge in [-0.1, -0.05) is 0 Å². The predicted octanol–water partition coefficient (Wildman–Crippen LogP) is 4.48. The average molecular weight is 284 g/mol. The van der Waals surface area contributed by atoms with E-state index >= 15 is 0 Å². The van der Waals surface area contributed by atoms with Gasteiger partial charge in [0.1, 0.15) is 0 Å². The Morgan fingerprint density at radius 1 is 0.765 bits per heavy atom. The van der Waals surface area contributed by atoms with Crippen LogP contribution in [0.25, 0.3) is 0 Å². The monoisotopic (exact) mass is 284 g/mol. The van der Waals surface area contributed by atoms with Crippen molar-refractivity contribution in [3.05, 3.63) is 12.4 Å². The van der Waals surface area contributed by atoms with Gasteiger partial charge in [0.05, 0.1) is 6.33 Å².